The molecule has 3 heterocycles. The number of ether oxygens (including phenoxy) is 1. The molecule has 5 rings (SSSR count). The van der Waals surface area contributed by atoms with Gasteiger partial charge in [-0.3, -0.25) is 14.9 Å². The lowest BCUT2D eigenvalue weighted by Crippen LogP contribution is -2.25. The largest absolute Gasteiger partial charge is 0.496 e. The van der Waals surface area contributed by atoms with Crippen molar-refractivity contribution in [2.24, 2.45) is 0 Å². The number of hydrogen-bond donors (Lipinski definition) is 1. The SMILES string of the molecule is COc1ccncc1-c1cccc2c(N)c3c(nc12)CN(C1CC1)C3C=O. The zero-order valence-electron chi connectivity index (χ0n) is 15.1. The lowest BCUT2D eigenvalue weighted by atomic mass is 9.98. The lowest BCUT2D eigenvalue weighted by Gasteiger charge is -2.19. The number of para-hydroxylation sites is 1. The van der Waals surface area contributed by atoms with Crippen LogP contribution in [0.25, 0.3) is 22.0 Å². The first-order valence-electron chi connectivity index (χ1n) is 9.13. The van der Waals surface area contributed by atoms with Crippen molar-refractivity contribution in [3.8, 4) is 16.9 Å². The Kier molecular flexibility index (Phi) is 3.62. The summed E-state index contributed by atoms with van der Waals surface area (Å²) in [6, 6.07) is 7.94. The number of methoxy groups -OCH3 is 1. The first kappa shape index (κ1) is 16.2. The smallest absolute Gasteiger partial charge is 0.141 e. The topological polar surface area (TPSA) is 81.3 Å². The Morgan fingerprint density at radius 2 is 2.11 bits per heavy atom. The van der Waals surface area contributed by atoms with Gasteiger partial charge in [-0.1, -0.05) is 18.2 Å². The number of benzene rings is 1. The van der Waals surface area contributed by atoms with E-state index in [-0.39, 0.29) is 6.04 Å². The number of carbonyl (C=O) groups is 1. The van der Waals surface area contributed by atoms with Crippen molar-refractivity contribution in [2.75, 3.05) is 12.8 Å². The van der Waals surface area contributed by atoms with Crippen LogP contribution in [0.5, 0.6) is 5.75 Å². The molecule has 0 saturated heterocycles. The molecular formula is C21H20N4O2. The molecule has 6 nitrogen and oxygen atoms in total. The summed E-state index contributed by atoms with van der Waals surface area (Å²) >= 11 is 0. The van der Waals surface area contributed by atoms with Gasteiger partial charge in [0.05, 0.1) is 24.4 Å². The van der Waals surface area contributed by atoms with E-state index in [9.17, 15) is 4.79 Å². The standard InChI is InChI=1S/C21H20N4O2/c1-27-18-7-8-23-9-15(18)13-3-2-4-14-20(22)19-16(24-21(13)14)10-25(12-5-6-12)17(19)11-26/h2-4,7-9,11-12,17H,5-6,10H2,1H3,(H2,22,24). The number of aldehydes is 1. The Morgan fingerprint density at radius 3 is 2.85 bits per heavy atom. The van der Waals surface area contributed by atoms with E-state index in [2.05, 4.69) is 9.88 Å². The maximum atomic E-state index is 11.8. The molecule has 2 aliphatic rings. The third kappa shape index (κ3) is 2.40. The van der Waals surface area contributed by atoms with Crippen molar-refractivity contribution in [3.63, 3.8) is 0 Å². The van der Waals surface area contributed by atoms with Gasteiger partial charge in [0.2, 0.25) is 0 Å². The molecule has 1 saturated carbocycles. The predicted molar refractivity (Wildman–Crippen MR) is 103 cm³/mol. The second-order valence-electron chi connectivity index (χ2n) is 7.15. The number of nitrogen functional groups attached to an aromatic ring is 1. The fourth-order valence-corrected chi connectivity index (χ4v) is 4.15. The van der Waals surface area contributed by atoms with Gasteiger partial charge in [0.1, 0.15) is 12.0 Å². The van der Waals surface area contributed by atoms with E-state index < -0.39 is 0 Å². The van der Waals surface area contributed by atoms with Gasteiger partial charge in [0.25, 0.3) is 0 Å². The van der Waals surface area contributed by atoms with Crippen LogP contribution in [0, 0.1) is 0 Å². The Morgan fingerprint density at radius 1 is 1.26 bits per heavy atom. The third-order valence-corrected chi connectivity index (χ3v) is 5.60. The van der Waals surface area contributed by atoms with Crippen LogP contribution in [-0.4, -0.2) is 34.3 Å². The van der Waals surface area contributed by atoms with Gasteiger partial charge in [0.15, 0.2) is 0 Å². The Hall–Kier alpha value is -2.99. The molecule has 1 unspecified atom stereocenters. The maximum Gasteiger partial charge on any atom is 0.141 e. The lowest BCUT2D eigenvalue weighted by molar-refractivity contribution is -0.112. The van der Waals surface area contributed by atoms with E-state index in [1.807, 2.05) is 24.3 Å². The predicted octanol–water partition coefficient (Wildman–Crippen LogP) is 3.11. The quantitative estimate of drug-likeness (QED) is 0.720. The maximum absolute atomic E-state index is 11.8. The van der Waals surface area contributed by atoms with Crippen LogP contribution in [0.1, 0.15) is 30.1 Å². The fourth-order valence-electron chi connectivity index (χ4n) is 4.15. The molecule has 0 amide bonds. The van der Waals surface area contributed by atoms with E-state index in [0.29, 0.717) is 18.3 Å². The highest BCUT2D eigenvalue weighted by atomic mass is 16.5. The van der Waals surface area contributed by atoms with Crippen LogP contribution in [0.15, 0.2) is 36.7 Å². The minimum Gasteiger partial charge on any atom is -0.496 e. The van der Waals surface area contributed by atoms with Crippen molar-refractivity contribution in [1.29, 1.82) is 0 Å². The number of fused-ring (bicyclic) bond motifs is 2. The van der Waals surface area contributed by atoms with Crippen LogP contribution >= 0.6 is 0 Å². The molecule has 2 N–H and O–H groups in total. The molecule has 1 atom stereocenters. The molecule has 1 aromatic carbocycles. The van der Waals surface area contributed by atoms with E-state index in [0.717, 1.165) is 58.2 Å². The number of rotatable bonds is 4. The summed E-state index contributed by atoms with van der Waals surface area (Å²) in [5.74, 6) is 0.740. The van der Waals surface area contributed by atoms with Crippen LogP contribution in [0.3, 0.4) is 0 Å². The van der Waals surface area contributed by atoms with Crippen LogP contribution in [-0.2, 0) is 11.3 Å². The van der Waals surface area contributed by atoms with Gasteiger partial charge in [-0.15, -0.1) is 0 Å². The molecule has 3 aromatic rings. The normalized spacial score (nSPS) is 19.2. The highest BCUT2D eigenvalue weighted by molar-refractivity contribution is 6.02. The number of hydrogen-bond acceptors (Lipinski definition) is 6. The molecule has 0 radical (unpaired) electrons. The number of nitrogens with two attached hydrogens (primary N) is 1. The van der Waals surface area contributed by atoms with E-state index in [1.54, 1.807) is 19.5 Å². The van der Waals surface area contributed by atoms with Gasteiger partial charge < -0.3 is 15.3 Å². The molecule has 2 aromatic heterocycles. The van der Waals surface area contributed by atoms with E-state index in [4.69, 9.17) is 15.5 Å². The van der Waals surface area contributed by atoms with Crippen molar-refractivity contribution >= 4 is 22.9 Å². The minimum absolute atomic E-state index is 0.291. The summed E-state index contributed by atoms with van der Waals surface area (Å²) in [7, 11) is 1.64. The Balaban J connectivity index is 1.75. The first-order chi connectivity index (χ1) is 13.2. The van der Waals surface area contributed by atoms with Gasteiger partial charge >= 0.3 is 0 Å². The second kappa shape index (κ2) is 6.03. The van der Waals surface area contributed by atoms with Crippen molar-refractivity contribution in [2.45, 2.75) is 31.5 Å². The zero-order valence-corrected chi connectivity index (χ0v) is 15.1. The first-order valence-corrected chi connectivity index (χ1v) is 9.13. The van der Waals surface area contributed by atoms with Crippen LogP contribution in [0.4, 0.5) is 5.69 Å². The van der Waals surface area contributed by atoms with E-state index >= 15 is 0 Å². The third-order valence-electron chi connectivity index (χ3n) is 5.60. The number of carbonyl (C=O) groups excluding carboxylic acids is 1. The number of anilines is 1. The van der Waals surface area contributed by atoms with Gasteiger partial charge in [-0.25, -0.2) is 0 Å². The molecule has 27 heavy (non-hydrogen) atoms. The molecule has 6 heteroatoms. The van der Waals surface area contributed by atoms with Crippen molar-refractivity contribution in [1.82, 2.24) is 14.9 Å². The van der Waals surface area contributed by atoms with Crippen LogP contribution < -0.4 is 10.5 Å². The number of nitrogens with zero attached hydrogens (tertiary/aromatic N) is 3. The summed E-state index contributed by atoms with van der Waals surface area (Å²) < 4.78 is 5.51. The van der Waals surface area contributed by atoms with Crippen LogP contribution in [0.2, 0.25) is 0 Å². The molecule has 0 spiro atoms. The van der Waals surface area contributed by atoms with Gasteiger partial charge in [-0.2, -0.15) is 0 Å². The Bertz CT molecular complexity index is 1060. The van der Waals surface area contributed by atoms with Crippen molar-refractivity contribution < 1.29 is 9.53 Å². The monoisotopic (exact) mass is 360 g/mol. The summed E-state index contributed by atoms with van der Waals surface area (Å²) in [5.41, 5.74) is 11.6. The molecule has 136 valence electrons. The molecular weight excluding hydrogens is 340 g/mol. The van der Waals surface area contributed by atoms with Gasteiger partial charge in [-0.05, 0) is 18.9 Å². The van der Waals surface area contributed by atoms with Gasteiger partial charge in [0, 0.05) is 52.7 Å². The zero-order chi connectivity index (χ0) is 18.5. The number of aromatic nitrogens is 2. The Labute approximate surface area is 157 Å². The number of pyridine rings is 2. The molecule has 0 bridgehead atoms. The molecule has 1 aliphatic heterocycles. The highest BCUT2D eigenvalue weighted by Crippen LogP contribution is 2.45. The minimum atomic E-state index is -0.291. The fraction of sp³-hybridized carbons (Fsp3) is 0.286. The summed E-state index contributed by atoms with van der Waals surface area (Å²) in [5, 5.41) is 0.863. The average Bonchev–Trinajstić information content (AvgIpc) is 3.48. The average molecular weight is 360 g/mol. The highest BCUT2D eigenvalue weighted by Gasteiger charge is 2.42. The molecule has 1 aliphatic carbocycles. The van der Waals surface area contributed by atoms with Crippen molar-refractivity contribution in [3.05, 3.63) is 47.9 Å². The molecule has 1 fully saturated rings. The second-order valence-corrected chi connectivity index (χ2v) is 7.15. The summed E-state index contributed by atoms with van der Waals surface area (Å²) in [4.78, 5) is 23.3. The van der Waals surface area contributed by atoms with E-state index in [1.165, 1.54) is 0 Å². The summed E-state index contributed by atoms with van der Waals surface area (Å²) in [6.07, 6.45) is 6.76. The summed E-state index contributed by atoms with van der Waals surface area (Å²) in [6.45, 7) is 0.669.